The minimum atomic E-state index is -0.372. The van der Waals surface area contributed by atoms with Crippen LogP contribution in [-0.2, 0) is 16.6 Å². The van der Waals surface area contributed by atoms with E-state index in [0.29, 0.717) is 5.69 Å². The molecule has 0 fully saturated rings. The van der Waals surface area contributed by atoms with Gasteiger partial charge < -0.3 is 20.9 Å². The summed E-state index contributed by atoms with van der Waals surface area (Å²) in [5.74, 6) is 0.0501. The molecule has 0 bridgehead atoms. The summed E-state index contributed by atoms with van der Waals surface area (Å²) >= 11 is 0. The molecule has 2 rings (SSSR count). The number of carbonyl (C=O) groups excluding carboxylic acids is 2. The Morgan fingerprint density at radius 2 is 1.95 bits per heavy atom. The Morgan fingerprint density at radius 3 is 2.52 bits per heavy atom. The molecule has 0 saturated heterocycles. The molecule has 1 heterocycles. The Bertz CT molecular complexity index is 634. The topological polar surface area (TPSA) is 115 Å². The molecule has 0 unspecified atom stereocenters. The summed E-state index contributed by atoms with van der Waals surface area (Å²) in [5, 5.41) is 12.9. The maximum absolute atomic E-state index is 11.6. The van der Waals surface area contributed by atoms with Gasteiger partial charge in [0.25, 0.3) is 0 Å². The summed E-state index contributed by atoms with van der Waals surface area (Å²) in [5.41, 5.74) is 6.65. The fourth-order valence-electron chi connectivity index (χ4n) is 1.70. The number of hydrogen-bond acceptors (Lipinski definition) is 5. The molecule has 8 heteroatoms. The first-order chi connectivity index (χ1) is 10.1. The zero-order valence-electron chi connectivity index (χ0n) is 11.5. The lowest BCUT2D eigenvalue weighted by molar-refractivity contribution is -0.123. The Morgan fingerprint density at radius 1 is 1.24 bits per heavy atom. The van der Waals surface area contributed by atoms with E-state index in [1.54, 1.807) is 23.0 Å². The smallest absolute Gasteiger partial charge is 0.243 e. The van der Waals surface area contributed by atoms with Crippen LogP contribution in [-0.4, -0.2) is 39.7 Å². The lowest BCUT2D eigenvalue weighted by Gasteiger charge is -2.07. The first-order valence-corrected chi connectivity index (χ1v) is 6.31. The van der Waals surface area contributed by atoms with Gasteiger partial charge in [-0.1, -0.05) is 0 Å². The molecule has 8 nitrogen and oxygen atoms in total. The number of benzene rings is 1. The zero-order valence-corrected chi connectivity index (χ0v) is 11.5. The molecule has 4 N–H and O–H groups in total. The van der Waals surface area contributed by atoms with E-state index >= 15 is 0 Å². The molecule has 110 valence electrons. The first-order valence-electron chi connectivity index (χ1n) is 6.31. The van der Waals surface area contributed by atoms with E-state index in [1.807, 2.05) is 19.2 Å². The van der Waals surface area contributed by atoms with Crippen LogP contribution in [0.4, 0.5) is 5.69 Å². The minimum absolute atomic E-state index is 0.110. The third-order valence-corrected chi connectivity index (χ3v) is 2.77. The van der Waals surface area contributed by atoms with Crippen LogP contribution in [0.2, 0.25) is 0 Å². The van der Waals surface area contributed by atoms with Crippen LogP contribution in [0.5, 0.6) is 0 Å². The third kappa shape index (κ3) is 3.86. The maximum Gasteiger partial charge on any atom is 0.243 e. The number of anilines is 1. The number of nitrogens with zero attached hydrogens (tertiary/aromatic N) is 3. The van der Waals surface area contributed by atoms with E-state index in [4.69, 9.17) is 5.73 Å². The monoisotopic (exact) mass is 288 g/mol. The average molecular weight is 288 g/mol. The average Bonchev–Trinajstić information content (AvgIpc) is 2.91. The maximum atomic E-state index is 11.6. The molecule has 2 aromatic rings. The summed E-state index contributed by atoms with van der Waals surface area (Å²) < 4.78 is 1.80. The van der Waals surface area contributed by atoms with Crippen molar-refractivity contribution in [1.82, 2.24) is 20.1 Å². The Kier molecular flexibility index (Phi) is 4.62. The van der Waals surface area contributed by atoms with Crippen molar-refractivity contribution in [3.05, 3.63) is 30.6 Å². The van der Waals surface area contributed by atoms with Gasteiger partial charge in [-0.3, -0.25) is 9.59 Å². The highest BCUT2D eigenvalue weighted by atomic mass is 16.2. The number of carbonyl (C=O) groups is 2. The molecule has 21 heavy (non-hydrogen) atoms. The Balaban J connectivity index is 1.95. The molecule has 0 aliphatic carbocycles. The molecular weight excluding hydrogens is 272 g/mol. The second-order valence-corrected chi connectivity index (χ2v) is 4.37. The van der Waals surface area contributed by atoms with Gasteiger partial charge in [-0.05, 0) is 24.3 Å². The van der Waals surface area contributed by atoms with Gasteiger partial charge in [-0.25, -0.2) is 0 Å². The van der Waals surface area contributed by atoms with Crippen LogP contribution in [0, 0.1) is 0 Å². The molecule has 0 spiro atoms. The Hall–Kier alpha value is -2.74. The van der Waals surface area contributed by atoms with Crippen LogP contribution in [0.1, 0.15) is 0 Å². The number of aryl methyl sites for hydroxylation is 1. The van der Waals surface area contributed by atoms with Gasteiger partial charge in [-0.2, -0.15) is 0 Å². The van der Waals surface area contributed by atoms with Crippen LogP contribution in [0.15, 0.2) is 30.6 Å². The van der Waals surface area contributed by atoms with Crippen molar-refractivity contribution < 1.29 is 9.59 Å². The van der Waals surface area contributed by atoms with Gasteiger partial charge >= 0.3 is 0 Å². The van der Waals surface area contributed by atoms with Crippen molar-refractivity contribution in [1.29, 1.82) is 0 Å². The van der Waals surface area contributed by atoms with Crippen LogP contribution in [0.25, 0.3) is 11.4 Å². The van der Waals surface area contributed by atoms with E-state index in [2.05, 4.69) is 20.8 Å². The lowest BCUT2D eigenvalue weighted by atomic mass is 10.2. The normalized spacial score (nSPS) is 10.2. The summed E-state index contributed by atoms with van der Waals surface area (Å²) in [6, 6.07) is 7.18. The highest BCUT2D eigenvalue weighted by Crippen LogP contribution is 2.18. The highest BCUT2D eigenvalue weighted by Gasteiger charge is 2.06. The quantitative estimate of drug-likeness (QED) is 0.686. The Labute approximate surface area is 121 Å². The van der Waals surface area contributed by atoms with Crippen LogP contribution < -0.4 is 16.4 Å². The lowest BCUT2D eigenvalue weighted by Crippen LogP contribution is -2.36. The van der Waals surface area contributed by atoms with Crippen LogP contribution >= 0.6 is 0 Å². The van der Waals surface area contributed by atoms with Crippen molar-refractivity contribution >= 4 is 17.5 Å². The molecule has 0 saturated carbocycles. The standard InChI is InChI=1S/C13H16N6O2/c1-19-8-16-18-13(19)9-2-4-10(5-3-9)17-12(21)7-15-11(20)6-14/h2-5,8H,6-7,14H2,1H3,(H,15,20)(H,17,21). The van der Waals surface area contributed by atoms with E-state index in [0.717, 1.165) is 11.4 Å². The van der Waals surface area contributed by atoms with E-state index < -0.39 is 0 Å². The molecule has 1 aromatic carbocycles. The molecule has 1 aromatic heterocycles. The zero-order chi connectivity index (χ0) is 15.2. The van der Waals surface area contributed by atoms with Crippen molar-refractivity contribution in [3.63, 3.8) is 0 Å². The molecule has 0 radical (unpaired) electrons. The van der Waals surface area contributed by atoms with Gasteiger partial charge in [0, 0.05) is 18.3 Å². The molecule has 0 atom stereocenters. The summed E-state index contributed by atoms with van der Waals surface area (Å²) in [7, 11) is 1.85. The second-order valence-electron chi connectivity index (χ2n) is 4.37. The molecule has 2 amide bonds. The SMILES string of the molecule is Cn1cnnc1-c1ccc(NC(=O)CNC(=O)CN)cc1. The third-order valence-electron chi connectivity index (χ3n) is 2.77. The number of nitrogens with one attached hydrogen (secondary N) is 2. The first kappa shape index (κ1) is 14.7. The van der Waals surface area contributed by atoms with Gasteiger partial charge in [0.15, 0.2) is 5.82 Å². The van der Waals surface area contributed by atoms with Gasteiger partial charge in [0.1, 0.15) is 6.33 Å². The number of nitrogens with two attached hydrogens (primary N) is 1. The highest BCUT2D eigenvalue weighted by molar-refractivity contribution is 5.94. The van der Waals surface area contributed by atoms with Crippen molar-refractivity contribution in [2.45, 2.75) is 0 Å². The van der Waals surface area contributed by atoms with Crippen molar-refractivity contribution in [2.24, 2.45) is 12.8 Å². The molecule has 0 aliphatic heterocycles. The predicted molar refractivity (Wildman–Crippen MR) is 77.1 cm³/mol. The van der Waals surface area contributed by atoms with Gasteiger partial charge in [0.2, 0.25) is 11.8 Å². The molecule has 0 aliphatic rings. The van der Waals surface area contributed by atoms with Gasteiger partial charge in [-0.15, -0.1) is 10.2 Å². The summed E-state index contributed by atoms with van der Waals surface area (Å²) in [4.78, 5) is 22.6. The van der Waals surface area contributed by atoms with E-state index in [1.165, 1.54) is 0 Å². The number of amides is 2. The fourth-order valence-corrected chi connectivity index (χ4v) is 1.70. The van der Waals surface area contributed by atoms with E-state index in [9.17, 15) is 9.59 Å². The second kappa shape index (κ2) is 6.62. The van der Waals surface area contributed by atoms with Crippen molar-refractivity contribution in [3.8, 4) is 11.4 Å². The predicted octanol–water partition coefficient (Wildman–Crippen LogP) is -0.504. The number of aromatic nitrogens is 3. The fraction of sp³-hybridized carbons (Fsp3) is 0.231. The van der Waals surface area contributed by atoms with Crippen LogP contribution in [0.3, 0.4) is 0 Å². The molecular formula is C13H16N6O2. The number of rotatable bonds is 5. The van der Waals surface area contributed by atoms with Crippen molar-refractivity contribution in [2.75, 3.05) is 18.4 Å². The van der Waals surface area contributed by atoms with E-state index in [-0.39, 0.29) is 24.9 Å². The minimum Gasteiger partial charge on any atom is -0.346 e. The van der Waals surface area contributed by atoms with Gasteiger partial charge in [0.05, 0.1) is 13.1 Å². The summed E-state index contributed by atoms with van der Waals surface area (Å²) in [6.45, 7) is -0.249. The summed E-state index contributed by atoms with van der Waals surface area (Å²) in [6.07, 6.45) is 1.62. The number of hydrogen-bond donors (Lipinski definition) is 3. The largest absolute Gasteiger partial charge is 0.346 e.